The summed E-state index contributed by atoms with van der Waals surface area (Å²) in [6.45, 7) is 2.21. The molecule has 0 bridgehead atoms. The highest BCUT2D eigenvalue weighted by Crippen LogP contribution is 2.18. The Kier molecular flexibility index (Phi) is 10.1. The maximum absolute atomic E-state index is 6.03. The van der Waals surface area contributed by atoms with E-state index in [0.29, 0.717) is 5.88 Å². The molecule has 0 saturated carbocycles. The minimum atomic E-state index is -0.0745. The molecule has 80 valence electrons. The average Bonchev–Trinajstić information content (AvgIpc) is 2.16. The van der Waals surface area contributed by atoms with E-state index in [4.69, 9.17) is 34.8 Å². The van der Waals surface area contributed by atoms with E-state index in [0.717, 1.165) is 6.42 Å². The Morgan fingerprint density at radius 3 is 2.08 bits per heavy atom. The molecule has 0 heterocycles. The van der Waals surface area contributed by atoms with E-state index < -0.39 is 0 Å². The van der Waals surface area contributed by atoms with Gasteiger partial charge in [-0.3, -0.25) is 0 Å². The Balaban J connectivity index is 3.21. The van der Waals surface area contributed by atoms with Gasteiger partial charge >= 0.3 is 0 Å². The predicted molar refractivity (Wildman–Crippen MR) is 63.4 cm³/mol. The highest BCUT2D eigenvalue weighted by Gasteiger charge is 2.14. The first-order valence-electron chi connectivity index (χ1n) is 5.06. The third kappa shape index (κ3) is 7.90. The van der Waals surface area contributed by atoms with Crippen LogP contribution in [0.15, 0.2) is 0 Å². The fourth-order valence-corrected chi connectivity index (χ4v) is 1.90. The first-order valence-corrected chi connectivity index (χ1v) is 6.47. The zero-order valence-electron chi connectivity index (χ0n) is 8.24. The SMILES string of the molecule is CCCCCCCC(Cl)C(Cl)CCl. The van der Waals surface area contributed by atoms with Crippen molar-refractivity contribution in [2.24, 2.45) is 0 Å². The van der Waals surface area contributed by atoms with Gasteiger partial charge in [-0.05, 0) is 6.42 Å². The average molecular weight is 246 g/mol. The molecule has 0 rings (SSSR count). The summed E-state index contributed by atoms with van der Waals surface area (Å²) in [5, 5.41) is -0.0321. The molecule has 0 aliphatic heterocycles. The van der Waals surface area contributed by atoms with Gasteiger partial charge in [-0.15, -0.1) is 34.8 Å². The number of hydrogen-bond acceptors (Lipinski definition) is 0. The standard InChI is InChI=1S/C10H19Cl3/c1-2-3-4-5-6-7-9(12)10(13)8-11/h9-10H,2-8H2,1H3. The second-order valence-electron chi connectivity index (χ2n) is 3.39. The van der Waals surface area contributed by atoms with Gasteiger partial charge in [0.1, 0.15) is 0 Å². The molecule has 0 nitrogen and oxygen atoms in total. The number of alkyl halides is 3. The number of hydrogen-bond donors (Lipinski definition) is 0. The van der Waals surface area contributed by atoms with Crippen LogP contribution in [0.3, 0.4) is 0 Å². The Bertz CT molecular complexity index is 106. The minimum Gasteiger partial charge on any atom is -0.125 e. The van der Waals surface area contributed by atoms with E-state index in [1.54, 1.807) is 0 Å². The molecule has 2 unspecified atom stereocenters. The molecule has 0 aliphatic carbocycles. The molecule has 0 spiro atoms. The van der Waals surface area contributed by atoms with Crippen molar-refractivity contribution in [1.82, 2.24) is 0 Å². The summed E-state index contributed by atoms with van der Waals surface area (Å²) in [4.78, 5) is 0. The van der Waals surface area contributed by atoms with Crippen molar-refractivity contribution in [3.05, 3.63) is 0 Å². The Morgan fingerprint density at radius 2 is 1.54 bits per heavy atom. The summed E-state index contributed by atoms with van der Waals surface area (Å²) in [5.41, 5.74) is 0. The van der Waals surface area contributed by atoms with Gasteiger partial charge in [0.2, 0.25) is 0 Å². The van der Waals surface area contributed by atoms with Crippen LogP contribution in [0.4, 0.5) is 0 Å². The van der Waals surface area contributed by atoms with Crippen LogP contribution in [-0.4, -0.2) is 16.6 Å². The van der Waals surface area contributed by atoms with E-state index in [-0.39, 0.29) is 10.8 Å². The Hall–Kier alpha value is 0.870. The first kappa shape index (κ1) is 13.9. The highest BCUT2D eigenvalue weighted by molar-refractivity contribution is 6.33. The van der Waals surface area contributed by atoms with Gasteiger partial charge in [-0.25, -0.2) is 0 Å². The molecule has 0 aromatic carbocycles. The van der Waals surface area contributed by atoms with Crippen LogP contribution >= 0.6 is 34.8 Å². The van der Waals surface area contributed by atoms with Gasteiger partial charge in [0.25, 0.3) is 0 Å². The molecular formula is C10H19Cl3. The molecular weight excluding hydrogens is 226 g/mol. The van der Waals surface area contributed by atoms with Crippen LogP contribution < -0.4 is 0 Å². The smallest absolute Gasteiger partial charge is 0.0634 e. The first-order chi connectivity index (χ1) is 6.22. The van der Waals surface area contributed by atoms with Crippen LogP contribution in [0.5, 0.6) is 0 Å². The lowest BCUT2D eigenvalue weighted by molar-refractivity contribution is 0.591. The number of rotatable bonds is 8. The van der Waals surface area contributed by atoms with Gasteiger partial charge in [0.15, 0.2) is 0 Å². The lowest BCUT2D eigenvalue weighted by atomic mass is 10.1. The number of unbranched alkanes of at least 4 members (excludes halogenated alkanes) is 4. The molecule has 0 aromatic heterocycles. The molecule has 0 fully saturated rings. The van der Waals surface area contributed by atoms with Crippen LogP contribution in [0.2, 0.25) is 0 Å². The summed E-state index contributed by atoms with van der Waals surface area (Å²) in [5.74, 6) is 0.449. The quantitative estimate of drug-likeness (QED) is 0.426. The fraction of sp³-hybridized carbons (Fsp3) is 1.00. The largest absolute Gasteiger partial charge is 0.125 e. The predicted octanol–water partition coefficient (Wildman–Crippen LogP) is 4.80. The zero-order chi connectivity index (χ0) is 10.1. The van der Waals surface area contributed by atoms with Gasteiger partial charge in [-0.2, -0.15) is 0 Å². The van der Waals surface area contributed by atoms with Gasteiger partial charge in [0, 0.05) is 5.88 Å². The molecule has 0 radical (unpaired) electrons. The normalized spacial score (nSPS) is 15.7. The van der Waals surface area contributed by atoms with Crippen molar-refractivity contribution in [2.45, 2.75) is 56.2 Å². The maximum atomic E-state index is 6.03. The van der Waals surface area contributed by atoms with Crippen molar-refractivity contribution in [3.8, 4) is 0 Å². The Morgan fingerprint density at radius 1 is 0.923 bits per heavy atom. The summed E-state index contributed by atoms with van der Waals surface area (Å²) in [7, 11) is 0. The number of halogens is 3. The summed E-state index contributed by atoms with van der Waals surface area (Å²) < 4.78 is 0. The van der Waals surface area contributed by atoms with Crippen LogP contribution in [-0.2, 0) is 0 Å². The van der Waals surface area contributed by atoms with E-state index >= 15 is 0 Å². The van der Waals surface area contributed by atoms with Crippen molar-refractivity contribution in [3.63, 3.8) is 0 Å². The van der Waals surface area contributed by atoms with Gasteiger partial charge < -0.3 is 0 Å². The second-order valence-corrected chi connectivity index (χ2v) is 4.82. The molecule has 0 N–H and O–H groups in total. The maximum Gasteiger partial charge on any atom is 0.0634 e. The molecule has 13 heavy (non-hydrogen) atoms. The van der Waals surface area contributed by atoms with Crippen LogP contribution in [0, 0.1) is 0 Å². The third-order valence-electron chi connectivity index (χ3n) is 2.12. The van der Waals surface area contributed by atoms with Crippen molar-refractivity contribution in [2.75, 3.05) is 5.88 Å². The fourth-order valence-electron chi connectivity index (χ4n) is 1.22. The van der Waals surface area contributed by atoms with E-state index in [2.05, 4.69) is 6.92 Å². The molecule has 0 aromatic rings. The molecule has 3 heteroatoms. The third-order valence-corrected chi connectivity index (χ3v) is 3.72. The molecule has 0 saturated heterocycles. The van der Waals surface area contributed by atoms with E-state index in [9.17, 15) is 0 Å². The van der Waals surface area contributed by atoms with Gasteiger partial charge in [0.05, 0.1) is 10.8 Å². The van der Waals surface area contributed by atoms with E-state index in [1.165, 1.54) is 32.1 Å². The highest BCUT2D eigenvalue weighted by atomic mass is 35.5. The lowest BCUT2D eigenvalue weighted by Crippen LogP contribution is -2.16. The monoisotopic (exact) mass is 244 g/mol. The minimum absolute atomic E-state index is 0.0424. The molecule has 2 atom stereocenters. The molecule has 0 amide bonds. The van der Waals surface area contributed by atoms with Crippen molar-refractivity contribution in [1.29, 1.82) is 0 Å². The van der Waals surface area contributed by atoms with Crippen molar-refractivity contribution >= 4 is 34.8 Å². The topological polar surface area (TPSA) is 0 Å². The summed E-state index contributed by atoms with van der Waals surface area (Å²) in [6, 6.07) is 0. The molecule has 0 aliphatic rings. The van der Waals surface area contributed by atoms with Crippen LogP contribution in [0.1, 0.15) is 45.4 Å². The lowest BCUT2D eigenvalue weighted by Gasteiger charge is -2.12. The van der Waals surface area contributed by atoms with Crippen molar-refractivity contribution < 1.29 is 0 Å². The zero-order valence-corrected chi connectivity index (χ0v) is 10.5. The van der Waals surface area contributed by atoms with Crippen LogP contribution in [0.25, 0.3) is 0 Å². The second kappa shape index (κ2) is 9.43. The van der Waals surface area contributed by atoms with E-state index in [1.807, 2.05) is 0 Å². The summed E-state index contributed by atoms with van der Waals surface area (Å²) in [6.07, 6.45) is 7.36. The Labute approximate surface area is 96.9 Å². The summed E-state index contributed by atoms with van der Waals surface area (Å²) >= 11 is 17.5. The van der Waals surface area contributed by atoms with Gasteiger partial charge in [-0.1, -0.05) is 39.0 Å².